The number of nitrogen functional groups attached to an aromatic ring is 1. The summed E-state index contributed by atoms with van der Waals surface area (Å²) in [4.78, 5) is 25.6. The Kier molecular flexibility index (Phi) is 3.70. The lowest BCUT2D eigenvalue weighted by Gasteiger charge is -2.30. The van der Waals surface area contributed by atoms with Gasteiger partial charge < -0.3 is 16.0 Å². The van der Waals surface area contributed by atoms with E-state index in [9.17, 15) is 9.59 Å². The fraction of sp³-hybridized carbons (Fsp3) is 0.467. The predicted octanol–water partition coefficient (Wildman–Crippen LogP) is 1.46. The summed E-state index contributed by atoms with van der Waals surface area (Å²) < 4.78 is 0. The van der Waals surface area contributed by atoms with Gasteiger partial charge in [-0.3, -0.25) is 9.59 Å². The molecule has 0 atom stereocenters. The number of hydrogen-bond acceptors (Lipinski definition) is 3. The molecule has 3 N–H and O–H groups in total. The van der Waals surface area contributed by atoms with Gasteiger partial charge in [0, 0.05) is 23.3 Å². The van der Waals surface area contributed by atoms with Gasteiger partial charge in [-0.1, -0.05) is 0 Å². The summed E-state index contributed by atoms with van der Waals surface area (Å²) in [6.45, 7) is 5.79. The van der Waals surface area contributed by atoms with E-state index in [0.717, 1.165) is 11.3 Å². The third-order valence-electron chi connectivity index (χ3n) is 3.12. The Labute approximate surface area is 119 Å². The molecule has 0 saturated heterocycles. The van der Waals surface area contributed by atoms with Crippen molar-refractivity contribution in [2.24, 2.45) is 0 Å². The lowest BCUT2D eigenvalue weighted by atomic mass is 10.0. The number of hydrogen-bond donors (Lipinski definition) is 2. The number of fused-ring (bicyclic) bond motifs is 1. The van der Waals surface area contributed by atoms with Crippen molar-refractivity contribution in [3.8, 4) is 0 Å². The summed E-state index contributed by atoms with van der Waals surface area (Å²) in [5.74, 6) is -0.179. The van der Waals surface area contributed by atoms with Crippen LogP contribution in [0.2, 0.25) is 0 Å². The van der Waals surface area contributed by atoms with Gasteiger partial charge in [0.2, 0.25) is 11.8 Å². The molecule has 20 heavy (non-hydrogen) atoms. The number of amides is 2. The van der Waals surface area contributed by atoms with E-state index in [1.807, 2.05) is 32.9 Å². The van der Waals surface area contributed by atoms with E-state index >= 15 is 0 Å². The number of carbonyl (C=O) groups excluding carboxylic acids is 2. The summed E-state index contributed by atoms with van der Waals surface area (Å²) in [6.07, 6.45) is 1.09. The first-order valence-corrected chi connectivity index (χ1v) is 6.76. The van der Waals surface area contributed by atoms with Crippen molar-refractivity contribution in [2.75, 3.05) is 17.2 Å². The highest BCUT2D eigenvalue weighted by Crippen LogP contribution is 2.29. The van der Waals surface area contributed by atoms with E-state index in [2.05, 4.69) is 5.32 Å². The number of aryl methyl sites for hydroxylation is 1. The van der Waals surface area contributed by atoms with Gasteiger partial charge in [-0.15, -0.1) is 0 Å². The number of anilines is 2. The van der Waals surface area contributed by atoms with E-state index in [1.165, 1.54) is 0 Å². The lowest BCUT2D eigenvalue weighted by molar-refractivity contribution is -0.124. The number of nitrogens with one attached hydrogen (secondary N) is 1. The van der Waals surface area contributed by atoms with Crippen molar-refractivity contribution in [2.45, 2.75) is 39.2 Å². The Balaban J connectivity index is 2.20. The van der Waals surface area contributed by atoms with Crippen LogP contribution in [-0.2, 0) is 16.0 Å². The molecule has 1 aromatic carbocycles. The molecule has 0 spiro atoms. The third-order valence-corrected chi connectivity index (χ3v) is 3.12. The molecule has 0 saturated carbocycles. The van der Waals surface area contributed by atoms with Crippen molar-refractivity contribution in [1.82, 2.24) is 5.32 Å². The standard InChI is InChI=1S/C15H21N3O2/c1-15(2,3)17-13(19)9-18-12-6-5-11(16)8-10(12)4-7-14(18)20/h5-6,8H,4,7,9,16H2,1-3H3,(H,17,19). The van der Waals surface area contributed by atoms with E-state index < -0.39 is 0 Å². The normalized spacial score (nSPS) is 14.9. The van der Waals surface area contributed by atoms with E-state index in [4.69, 9.17) is 5.73 Å². The van der Waals surface area contributed by atoms with Crippen LogP contribution < -0.4 is 16.0 Å². The zero-order chi connectivity index (χ0) is 14.9. The first-order valence-electron chi connectivity index (χ1n) is 6.76. The molecule has 1 aromatic rings. The topological polar surface area (TPSA) is 75.4 Å². The molecule has 0 aromatic heterocycles. The Morgan fingerprint density at radius 2 is 2.05 bits per heavy atom. The highest BCUT2D eigenvalue weighted by molar-refractivity contribution is 6.01. The Morgan fingerprint density at radius 1 is 1.35 bits per heavy atom. The SMILES string of the molecule is CC(C)(C)NC(=O)CN1C(=O)CCc2cc(N)ccc21. The molecule has 1 aliphatic rings. The van der Waals surface area contributed by atoms with Crippen molar-refractivity contribution >= 4 is 23.2 Å². The highest BCUT2D eigenvalue weighted by Gasteiger charge is 2.27. The zero-order valence-electron chi connectivity index (χ0n) is 12.2. The Hall–Kier alpha value is -2.04. The Morgan fingerprint density at radius 3 is 2.70 bits per heavy atom. The maximum Gasteiger partial charge on any atom is 0.240 e. The largest absolute Gasteiger partial charge is 0.399 e. The molecule has 0 bridgehead atoms. The quantitative estimate of drug-likeness (QED) is 0.802. The molecule has 2 amide bonds. The maximum atomic E-state index is 12.1. The first-order chi connectivity index (χ1) is 9.26. The molecule has 0 radical (unpaired) electrons. The van der Waals surface area contributed by atoms with Crippen molar-refractivity contribution in [1.29, 1.82) is 0 Å². The average Bonchev–Trinajstić information content (AvgIpc) is 2.30. The van der Waals surface area contributed by atoms with Gasteiger partial charge in [-0.05, 0) is 51.0 Å². The van der Waals surface area contributed by atoms with E-state index in [0.29, 0.717) is 18.5 Å². The van der Waals surface area contributed by atoms with E-state index in [1.54, 1.807) is 11.0 Å². The number of rotatable bonds is 2. The van der Waals surface area contributed by atoms with Crippen molar-refractivity contribution < 1.29 is 9.59 Å². The number of nitrogens with zero attached hydrogens (tertiary/aromatic N) is 1. The maximum absolute atomic E-state index is 12.1. The summed E-state index contributed by atoms with van der Waals surface area (Å²) >= 11 is 0. The smallest absolute Gasteiger partial charge is 0.240 e. The van der Waals surface area contributed by atoms with Crippen LogP contribution in [0.1, 0.15) is 32.8 Å². The van der Waals surface area contributed by atoms with Gasteiger partial charge in [-0.25, -0.2) is 0 Å². The molecule has 108 valence electrons. The molecule has 0 fully saturated rings. The molecule has 1 aliphatic heterocycles. The van der Waals surface area contributed by atoms with Crippen LogP contribution in [0.4, 0.5) is 11.4 Å². The van der Waals surface area contributed by atoms with Gasteiger partial charge in [-0.2, -0.15) is 0 Å². The fourth-order valence-electron chi connectivity index (χ4n) is 2.35. The second kappa shape index (κ2) is 5.15. The third kappa shape index (κ3) is 3.29. The molecule has 0 unspecified atom stereocenters. The van der Waals surface area contributed by atoms with Crippen LogP contribution in [0.15, 0.2) is 18.2 Å². The summed E-state index contributed by atoms with van der Waals surface area (Å²) in [5, 5.41) is 2.87. The minimum Gasteiger partial charge on any atom is -0.399 e. The summed E-state index contributed by atoms with van der Waals surface area (Å²) in [7, 11) is 0. The lowest BCUT2D eigenvalue weighted by Crippen LogP contribution is -2.48. The molecule has 5 heteroatoms. The van der Waals surface area contributed by atoms with Crippen molar-refractivity contribution in [3.05, 3.63) is 23.8 Å². The number of carbonyl (C=O) groups is 2. The predicted molar refractivity (Wildman–Crippen MR) is 79.4 cm³/mol. The second-order valence-corrected chi connectivity index (χ2v) is 6.17. The van der Waals surface area contributed by atoms with Gasteiger partial charge in [0.15, 0.2) is 0 Å². The second-order valence-electron chi connectivity index (χ2n) is 6.17. The minimum absolute atomic E-state index is 0.0219. The molecular formula is C15H21N3O2. The highest BCUT2D eigenvalue weighted by atomic mass is 16.2. The van der Waals surface area contributed by atoms with Crippen LogP contribution in [-0.4, -0.2) is 23.9 Å². The molecular weight excluding hydrogens is 254 g/mol. The number of nitrogens with two attached hydrogens (primary N) is 1. The minimum atomic E-state index is -0.306. The molecule has 5 nitrogen and oxygen atoms in total. The summed E-state index contributed by atoms with van der Waals surface area (Å²) in [5.41, 5.74) is 7.95. The van der Waals surface area contributed by atoms with E-state index in [-0.39, 0.29) is 23.9 Å². The molecule has 2 rings (SSSR count). The van der Waals surface area contributed by atoms with Gasteiger partial charge in [0.05, 0.1) is 0 Å². The van der Waals surface area contributed by atoms with Crippen LogP contribution in [0, 0.1) is 0 Å². The monoisotopic (exact) mass is 275 g/mol. The molecule has 0 aliphatic carbocycles. The van der Waals surface area contributed by atoms with Crippen LogP contribution in [0.3, 0.4) is 0 Å². The van der Waals surface area contributed by atoms with Gasteiger partial charge in [0.25, 0.3) is 0 Å². The van der Waals surface area contributed by atoms with Crippen LogP contribution >= 0.6 is 0 Å². The van der Waals surface area contributed by atoms with Gasteiger partial charge in [0.1, 0.15) is 6.54 Å². The van der Waals surface area contributed by atoms with Gasteiger partial charge >= 0.3 is 0 Å². The Bertz CT molecular complexity index is 547. The van der Waals surface area contributed by atoms with Crippen LogP contribution in [0.25, 0.3) is 0 Å². The zero-order valence-corrected chi connectivity index (χ0v) is 12.2. The van der Waals surface area contributed by atoms with Crippen molar-refractivity contribution in [3.63, 3.8) is 0 Å². The number of benzene rings is 1. The first kappa shape index (κ1) is 14.4. The fourth-order valence-corrected chi connectivity index (χ4v) is 2.35. The van der Waals surface area contributed by atoms with Crippen LogP contribution in [0.5, 0.6) is 0 Å². The molecule has 1 heterocycles. The average molecular weight is 275 g/mol. The summed E-state index contributed by atoms with van der Waals surface area (Å²) in [6, 6.07) is 5.44.